The lowest BCUT2D eigenvalue weighted by atomic mass is 10.3. The average Bonchev–Trinajstić information content (AvgIpc) is 3.07. The van der Waals surface area contributed by atoms with E-state index in [-0.39, 0.29) is 11.7 Å². The molecule has 0 unspecified atom stereocenters. The Hall–Kier alpha value is -3.67. The molecule has 0 bridgehead atoms. The van der Waals surface area contributed by atoms with Gasteiger partial charge in [-0.25, -0.2) is 4.98 Å². The zero-order chi connectivity index (χ0) is 17.1. The van der Waals surface area contributed by atoms with E-state index in [9.17, 15) is 4.79 Å². The summed E-state index contributed by atoms with van der Waals surface area (Å²) >= 11 is 0. The Morgan fingerprint density at radius 2 is 1.88 bits per heavy atom. The second kappa shape index (κ2) is 6.45. The summed E-state index contributed by atoms with van der Waals surface area (Å²) in [4.78, 5) is 23.7. The molecule has 2 aromatic carbocycles. The molecule has 4 aromatic rings. The van der Waals surface area contributed by atoms with Crippen LogP contribution in [0.1, 0.15) is 10.6 Å². The molecule has 122 valence electrons. The first kappa shape index (κ1) is 14.9. The number of pyridine rings is 1. The van der Waals surface area contributed by atoms with E-state index in [1.54, 1.807) is 36.7 Å². The van der Waals surface area contributed by atoms with Crippen LogP contribution in [0.15, 0.2) is 73.1 Å². The summed E-state index contributed by atoms with van der Waals surface area (Å²) in [6.45, 7) is 0. The van der Waals surface area contributed by atoms with E-state index in [4.69, 9.17) is 4.74 Å². The molecule has 0 spiro atoms. The number of aromatic nitrogens is 3. The van der Waals surface area contributed by atoms with Crippen LogP contribution in [-0.4, -0.2) is 20.9 Å². The molecular formula is C19H14N4O2. The Morgan fingerprint density at radius 1 is 1.00 bits per heavy atom. The van der Waals surface area contributed by atoms with E-state index in [0.29, 0.717) is 17.2 Å². The molecule has 0 aliphatic heterocycles. The van der Waals surface area contributed by atoms with Crippen molar-refractivity contribution in [3.05, 3.63) is 78.9 Å². The smallest absolute Gasteiger partial charge is 0.291 e. The molecule has 6 heteroatoms. The predicted molar refractivity (Wildman–Crippen MR) is 94.8 cm³/mol. The number of carbonyl (C=O) groups excluding carboxylic acids is 1. The van der Waals surface area contributed by atoms with Gasteiger partial charge in [0.05, 0.1) is 17.2 Å². The highest BCUT2D eigenvalue weighted by atomic mass is 16.5. The fourth-order valence-corrected chi connectivity index (χ4v) is 2.43. The second-order valence-corrected chi connectivity index (χ2v) is 5.38. The molecule has 0 fully saturated rings. The number of imidazole rings is 1. The fraction of sp³-hybridized carbons (Fsp3) is 0. The van der Waals surface area contributed by atoms with Crippen LogP contribution in [0.3, 0.4) is 0 Å². The van der Waals surface area contributed by atoms with Crippen molar-refractivity contribution in [3.63, 3.8) is 0 Å². The topological polar surface area (TPSA) is 79.9 Å². The number of carbonyl (C=O) groups is 1. The van der Waals surface area contributed by atoms with Gasteiger partial charge in [-0.15, -0.1) is 0 Å². The lowest BCUT2D eigenvalue weighted by Gasteiger charge is -2.08. The SMILES string of the molecule is O=C(Nc1cccc(Oc2cccnc2)c1)c1nc2ccccc2[nH]1. The zero-order valence-corrected chi connectivity index (χ0v) is 13.1. The monoisotopic (exact) mass is 330 g/mol. The van der Waals surface area contributed by atoms with Gasteiger partial charge >= 0.3 is 0 Å². The Balaban J connectivity index is 1.52. The quantitative estimate of drug-likeness (QED) is 0.592. The van der Waals surface area contributed by atoms with E-state index in [1.165, 1.54) is 0 Å². The molecule has 0 aliphatic rings. The first-order chi connectivity index (χ1) is 12.3. The van der Waals surface area contributed by atoms with Gasteiger partial charge in [-0.3, -0.25) is 9.78 Å². The summed E-state index contributed by atoms with van der Waals surface area (Å²) < 4.78 is 5.72. The summed E-state index contributed by atoms with van der Waals surface area (Å²) in [5.74, 6) is 1.19. The minimum absolute atomic E-state index is 0.264. The third kappa shape index (κ3) is 3.32. The van der Waals surface area contributed by atoms with Crippen molar-refractivity contribution in [2.24, 2.45) is 0 Å². The van der Waals surface area contributed by atoms with Gasteiger partial charge in [0.25, 0.3) is 5.91 Å². The number of H-pyrrole nitrogens is 1. The van der Waals surface area contributed by atoms with Crippen molar-refractivity contribution >= 4 is 22.6 Å². The van der Waals surface area contributed by atoms with Crippen molar-refractivity contribution in [2.45, 2.75) is 0 Å². The number of nitrogens with zero attached hydrogens (tertiary/aromatic N) is 2. The summed E-state index contributed by atoms with van der Waals surface area (Å²) in [5.41, 5.74) is 2.19. The minimum Gasteiger partial charge on any atom is -0.456 e. The predicted octanol–water partition coefficient (Wildman–Crippen LogP) is 4.00. The molecule has 0 saturated heterocycles. The van der Waals surface area contributed by atoms with Crippen LogP contribution < -0.4 is 10.1 Å². The number of rotatable bonds is 4. The van der Waals surface area contributed by atoms with Crippen molar-refractivity contribution in [1.82, 2.24) is 15.0 Å². The highest BCUT2D eigenvalue weighted by Crippen LogP contribution is 2.23. The number of anilines is 1. The van der Waals surface area contributed by atoms with E-state index in [0.717, 1.165) is 11.0 Å². The number of hydrogen-bond acceptors (Lipinski definition) is 4. The van der Waals surface area contributed by atoms with Crippen LogP contribution in [-0.2, 0) is 0 Å². The highest BCUT2D eigenvalue weighted by molar-refractivity contribution is 6.03. The molecule has 6 nitrogen and oxygen atoms in total. The maximum atomic E-state index is 12.4. The minimum atomic E-state index is -0.310. The number of aromatic amines is 1. The van der Waals surface area contributed by atoms with Gasteiger partial charge in [0.15, 0.2) is 5.82 Å². The van der Waals surface area contributed by atoms with Gasteiger partial charge < -0.3 is 15.0 Å². The van der Waals surface area contributed by atoms with Crippen LogP contribution in [0, 0.1) is 0 Å². The number of fused-ring (bicyclic) bond motifs is 1. The first-order valence-corrected chi connectivity index (χ1v) is 7.72. The largest absolute Gasteiger partial charge is 0.456 e. The van der Waals surface area contributed by atoms with E-state index in [2.05, 4.69) is 20.3 Å². The lowest BCUT2D eigenvalue weighted by Crippen LogP contribution is -2.13. The van der Waals surface area contributed by atoms with Gasteiger partial charge in [0.2, 0.25) is 0 Å². The molecule has 0 atom stereocenters. The molecule has 2 aromatic heterocycles. The number of nitrogens with one attached hydrogen (secondary N) is 2. The Morgan fingerprint density at radius 3 is 2.72 bits per heavy atom. The van der Waals surface area contributed by atoms with Gasteiger partial charge in [-0.2, -0.15) is 0 Å². The standard InChI is InChI=1S/C19H14N4O2/c24-19(18-22-16-8-1-2-9-17(16)23-18)21-13-5-3-6-14(11-13)25-15-7-4-10-20-12-15/h1-12H,(H,21,24)(H,22,23). The van der Waals surface area contributed by atoms with E-state index >= 15 is 0 Å². The summed E-state index contributed by atoms with van der Waals surface area (Å²) in [7, 11) is 0. The van der Waals surface area contributed by atoms with Crippen LogP contribution in [0.5, 0.6) is 11.5 Å². The van der Waals surface area contributed by atoms with Crippen molar-refractivity contribution < 1.29 is 9.53 Å². The maximum Gasteiger partial charge on any atom is 0.291 e. The molecule has 2 heterocycles. The summed E-state index contributed by atoms with van der Waals surface area (Å²) in [5, 5.41) is 2.82. The van der Waals surface area contributed by atoms with E-state index in [1.807, 2.05) is 36.4 Å². The van der Waals surface area contributed by atoms with Crippen molar-refractivity contribution in [3.8, 4) is 11.5 Å². The molecule has 0 aliphatic carbocycles. The van der Waals surface area contributed by atoms with Gasteiger partial charge in [0, 0.05) is 18.0 Å². The third-order valence-electron chi connectivity index (χ3n) is 3.57. The Labute approximate surface area is 143 Å². The molecule has 0 radical (unpaired) electrons. The second-order valence-electron chi connectivity index (χ2n) is 5.38. The van der Waals surface area contributed by atoms with Crippen molar-refractivity contribution in [2.75, 3.05) is 5.32 Å². The number of hydrogen-bond donors (Lipinski definition) is 2. The molecular weight excluding hydrogens is 316 g/mol. The maximum absolute atomic E-state index is 12.4. The lowest BCUT2D eigenvalue weighted by molar-refractivity contribution is 0.101. The molecule has 1 amide bonds. The summed E-state index contributed by atoms with van der Waals surface area (Å²) in [6.07, 6.45) is 3.30. The first-order valence-electron chi connectivity index (χ1n) is 7.72. The Kier molecular flexibility index (Phi) is 3.84. The number of para-hydroxylation sites is 2. The molecule has 2 N–H and O–H groups in total. The number of ether oxygens (including phenoxy) is 1. The van der Waals surface area contributed by atoms with Gasteiger partial charge in [-0.1, -0.05) is 18.2 Å². The van der Waals surface area contributed by atoms with Crippen LogP contribution in [0.2, 0.25) is 0 Å². The zero-order valence-electron chi connectivity index (χ0n) is 13.1. The van der Waals surface area contributed by atoms with Crippen LogP contribution >= 0.6 is 0 Å². The summed E-state index contributed by atoms with van der Waals surface area (Å²) in [6, 6.07) is 18.3. The van der Waals surface area contributed by atoms with Crippen molar-refractivity contribution in [1.29, 1.82) is 0 Å². The Bertz CT molecular complexity index is 995. The normalized spacial score (nSPS) is 10.6. The van der Waals surface area contributed by atoms with Crippen LogP contribution in [0.4, 0.5) is 5.69 Å². The molecule has 0 saturated carbocycles. The fourth-order valence-electron chi connectivity index (χ4n) is 2.43. The number of benzene rings is 2. The van der Waals surface area contributed by atoms with E-state index < -0.39 is 0 Å². The highest BCUT2D eigenvalue weighted by Gasteiger charge is 2.12. The number of amides is 1. The molecule has 25 heavy (non-hydrogen) atoms. The average molecular weight is 330 g/mol. The van der Waals surface area contributed by atoms with Crippen LogP contribution in [0.25, 0.3) is 11.0 Å². The molecule has 4 rings (SSSR count). The van der Waals surface area contributed by atoms with Gasteiger partial charge in [0.1, 0.15) is 11.5 Å². The third-order valence-corrected chi connectivity index (χ3v) is 3.57. The van der Waals surface area contributed by atoms with Gasteiger partial charge in [-0.05, 0) is 36.4 Å².